The van der Waals surface area contributed by atoms with E-state index in [-0.39, 0.29) is 17.2 Å². The first kappa shape index (κ1) is 26.0. The zero-order valence-electron chi connectivity index (χ0n) is 21.2. The van der Waals surface area contributed by atoms with Crippen LogP contribution in [0.5, 0.6) is 11.5 Å². The lowest BCUT2D eigenvalue weighted by Crippen LogP contribution is -2.20. The third-order valence-corrected chi connectivity index (χ3v) is 8.06. The molecule has 10 heteroatoms. The van der Waals surface area contributed by atoms with Crippen molar-refractivity contribution in [3.8, 4) is 22.6 Å². The maximum atomic E-state index is 13.0. The number of hydrogen-bond donors (Lipinski definition) is 2. The van der Waals surface area contributed by atoms with Crippen molar-refractivity contribution in [3.05, 3.63) is 68.8 Å². The van der Waals surface area contributed by atoms with Gasteiger partial charge < -0.3 is 14.5 Å². The van der Waals surface area contributed by atoms with Gasteiger partial charge in [0.05, 0.1) is 31.1 Å². The Kier molecular flexibility index (Phi) is 8.09. The van der Waals surface area contributed by atoms with E-state index in [1.54, 1.807) is 19.2 Å². The minimum atomic E-state index is -0.312. The average Bonchev–Trinajstić information content (AvgIpc) is 3.37. The molecule has 0 aliphatic heterocycles. The van der Waals surface area contributed by atoms with Crippen molar-refractivity contribution in [2.75, 3.05) is 19.5 Å². The highest BCUT2D eigenvalue weighted by Gasteiger charge is 2.16. The monoisotopic (exact) mass is 548 g/mol. The summed E-state index contributed by atoms with van der Waals surface area (Å²) < 4.78 is 10.8. The van der Waals surface area contributed by atoms with Crippen LogP contribution in [-0.2, 0) is 17.6 Å². The van der Waals surface area contributed by atoms with Gasteiger partial charge in [0.15, 0.2) is 16.7 Å². The van der Waals surface area contributed by atoms with Gasteiger partial charge in [-0.25, -0.2) is 10.4 Å². The van der Waals surface area contributed by atoms with E-state index >= 15 is 0 Å². The van der Waals surface area contributed by atoms with E-state index < -0.39 is 0 Å². The van der Waals surface area contributed by atoms with Gasteiger partial charge in [-0.3, -0.25) is 9.59 Å². The summed E-state index contributed by atoms with van der Waals surface area (Å²) in [5.74, 6) is 0.979. The number of thiophene rings is 1. The quantitative estimate of drug-likeness (QED) is 0.129. The molecule has 2 aromatic carbocycles. The predicted octanol–water partition coefficient (Wildman–Crippen LogP) is 5.18. The molecule has 0 unspecified atom stereocenters. The van der Waals surface area contributed by atoms with Crippen molar-refractivity contribution in [3.63, 3.8) is 0 Å². The second-order valence-corrected chi connectivity index (χ2v) is 10.6. The highest BCUT2D eigenvalue weighted by molar-refractivity contribution is 7.99. The van der Waals surface area contributed by atoms with E-state index in [4.69, 9.17) is 9.47 Å². The number of hydrogen-bond acceptors (Lipinski definition) is 8. The first-order valence-corrected chi connectivity index (χ1v) is 14.3. The Morgan fingerprint density at radius 2 is 2.03 bits per heavy atom. The molecule has 1 aliphatic carbocycles. The number of H-pyrrole nitrogens is 1. The van der Waals surface area contributed by atoms with Crippen LogP contribution in [0.3, 0.4) is 0 Å². The number of benzene rings is 2. The molecular weight excluding hydrogens is 520 g/mol. The highest BCUT2D eigenvalue weighted by Crippen LogP contribution is 2.34. The number of rotatable bonds is 9. The molecule has 0 spiro atoms. The average molecular weight is 549 g/mol. The lowest BCUT2D eigenvalue weighted by Gasteiger charge is -2.16. The number of hydrazone groups is 1. The minimum absolute atomic E-state index is 0.0570. The minimum Gasteiger partial charge on any atom is -0.493 e. The zero-order valence-corrected chi connectivity index (χ0v) is 22.8. The third-order valence-electron chi connectivity index (χ3n) is 6.31. The van der Waals surface area contributed by atoms with Crippen molar-refractivity contribution < 1.29 is 14.3 Å². The fraction of sp³-hybridized carbons (Fsp3) is 0.286. The number of methoxy groups -OCH3 is 1. The predicted molar refractivity (Wildman–Crippen MR) is 153 cm³/mol. The first-order valence-electron chi connectivity index (χ1n) is 12.4. The molecule has 0 bridgehead atoms. The molecule has 38 heavy (non-hydrogen) atoms. The van der Waals surface area contributed by atoms with Gasteiger partial charge in [-0.15, -0.1) is 11.3 Å². The van der Waals surface area contributed by atoms with E-state index in [0.29, 0.717) is 33.5 Å². The van der Waals surface area contributed by atoms with Crippen molar-refractivity contribution in [1.29, 1.82) is 0 Å². The molecule has 0 saturated carbocycles. The maximum Gasteiger partial charge on any atom is 0.260 e. The maximum absolute atomic E-state index is 13.0. The lowest BCUT2D eigenvalue weighted by atomic mass is 9.89. The second kappa shape index (κ2) is 11.8. The number of aryl methyl sites for hydroxylation is 2. The van der Waals surface area contributed by atoms with Crippen molar-refractivity contribution >= 4 is 45.4 Å². The van der Waals surface area contributed by atoms with Gasteiger partial charge in [-0.2, -0.15) is 5.10 Å². The number of ether oxygens (including phenoxy) is 2. The summed E-state index contributed by atoms with van der Waals surface area (Å²) >= 11 is 2.60. The Hall–Kier alpha value is -3.63. The van der Waals surface area contributed by atoms with Gasteiger partial charge in [0.2, 0.25) is 0 Å². The molecular formula is C28H28N4O4S2. The molecule has 2 aromatic heterocycles. The van der Waals surface area contributed by atoms with Crippen LogP contribution in [-0.4, -0.2) is 41.6 Å². The fourth-order valence-corrected chi connectivity index (χ4v) is 6.15. The van der Waals surface area contributed by atoms with Crippen LogP contribution in [0.1, 0.15) is 36.5 Å². The SMILES string of the molecule is CCOc1ccc(/C=N/NC(=O)CSc2nc3scc(-c4ccc5c(c4)CCCC5)c3c(=O)[nH]2)cc1OC. The number of carbonyl (C=O) groups is 1. The Balaban J connectivity index is 1.23. The molecule has 1 aliphatic rings. The number of amides is 1. The van der Waals surface area contributed by atoms with Crippen LogP contribution in [0.25, 0.3) is 21.3 Å². The van der Waals surface area contributed by atoms with E-state index in [0.717, 1.165) is 41.3 Å². The lowest BCUT2D eigenvalue weighted by molar-refractivity contribution is -0.118. The number of nitrogens with zero attached hydrogens (tertiary/aromatic N) is 2. The summed E-state index contributed by atoms with van der Waals surface area (Å²) in [7, 11) is 1.57. The number of aromatic nitrogens is 2. The molecule has 196 valence electrons. The highest BCUT2D eigenvalue weighted by atomic mass is 32.2. The molecule has 0 atom stereocenters. The van der Waals surface area contributed by atoms with Gasteiger partial charge in [0.25, 0.3) is 11.5 Å². The molecule has 2 heterocycles. The number of nitrogens with one attached hydrogen (secondary N) is 2. The molecule has 8 nitrogen and oxygen atoms in total. The summed E-state index contributed by atoms with van der Waals surface area (Å²) in [6, 6.07) is 11.9. The normalized spacial score (nSPS) is 13.0. The van der Waals surface area contributed by atoms with Crippen LogP contribution in [0, 0.1) is 0 Å². The molecule has 0 saturated heterocycles. The molecule has 0 radical (unpaired) electrons. The largest absolute Gasteiger partial charge is 0.493 e. The van der Waals surface area contributed by atoms with Gasteiger partial charge in [0, 0.05) is 10.9 Å². The standard InChI is InChI=1S/C28H28N4O4S2/c1-3-36-22-11-8-17(12-23(22)35-2)14-29-32-24(33)16-38-28-30-26(34)25-21(15-37-27(25)31-28)20-10-9-18-6-4-5-7-19(18)13-20/h8-15H,3-7,16H2,1-2H3,(H,32,33)(H,30,31,34)/b29-14+. The van der Waals surface area contributed by atoms with Gasteiger partial charge in [-0.05, 0) is 73.1 Å². The Bertz CT molecular complexity index is 1560. The Labute approximate surface area is 228 Å². The summed E-state index contributed by atoms with van der Waals surface area (Å²) in [5, 5.41) is 7.00. The van der Waals surface area contributed by atoms with Crippen LogP contribution >= 0.6 is 23.1 Å². The van der Waals surface area contributed by atoms with E-state index in [1.807, 2.05) is 18.4 Å². The number of carbonyl (C=O) groups excluding carboxylic acids is 1. The zero-order chi connectivity index (χ0) is 26.5. The van der Waals surface area contributed by atoms with E-state index in [9.17, 15) is 9.59 Å². The molecule has 1 amide bonds. The summed E-state index contributed by atoms with van der Waals surface area (Å²) in [6.45, 7) is 2.44. The topological polar surface area (TPSA) is 106 Å². The molecule has 0 fully saturated rings. The van der Waals surface area contributed by atoms with Crippen LogP contribution in [0.15, 0.2) is 56.8 Å². The van der Waals surface area contributed by atoms with Crippen molar-refractivity contribution in [2.24, 2.45) is 5.10 Å². The van der Waals surface area contributed by atoms with Gasteiger partial charge in [-0.1, -0.05) is 30.0 Å². The number of thioether (sulfide) groups is 1. The number of aromatic amines is 1. The molecule has 4 aromatic rings. The summed E-state index contributed by atoms with van der Waals surface area (Å²) in [6.07, 6.45) is 6.18. The Morgan fingerprint density at radius 1 is 1.18 bits per heavy atom. The second-order valence-electron chi connectivity index (χ2n) is 8.82. The van der Waals surface area contributed by atoms with E-state index in [2.05, 4.69) is 38.7 Å². The van der Waals surface area contributed by atoms with Crippen LogP contribution in [0.2, 0.25) is 0 Å². The Morgan fingerprint density at radius 3 is 2.84 bits per heavy atom. The first-order chi connectivity index (χ1) is 18.6. The summed E-state index contributed by atoms with van der Waals surface area (Å²) in [4.78, 5) is 33.4. The van der Waals surface area contributed by atoms with Crippen molar-refractivity contribution in [1.82, 2.24) is 15.4 Å². The molecule has 2 N–H and O–H groups in total. The fourth-order valence-electron chi connectivity index (χ4n) is 4.50. The van der Waals surface area contributed by atoms with Crippen LogP contribution in [0.4, 0.5) is 0 Å². The molecule has 5 rings (SSSR count). The van der Waals surface area contributed by atoms with Crippen molar-refractivity contribution in [2.45, 2.75) is 37.8 Å². The summed E-state index contributed by atoms with van der Waals surface area (Å²) in [5.41, 5.74) is 7.79. The smallest absolute Gasteiger partial charge is 0.260 e. The van der Waals surface area contributed by atoms with Gasteiger partial charge >= 0.3 is 0 Å². The number of fused-ring (bicyclic) bond motifs is 2. The van der Waals surface area contributed by atoms with E-state index in [1.165, 1.54) is 41.5 Å². The van der Waals surface area contributed by atoms with Gasteiger partial charge in [0.1, 0.15) is 4.83 Å². The van der Waals surface area contributed by atoms with Crippen LogP contribution < -0.4 is 20.5 Å². The third kappa shape index (κ3) is 5.76.